The summed E-state index contributed by atoms with van der Waals surface area (Å²) < 4.78 is 21.0. The number of imide groups is 2. The quantitative estimate of drug-likeness (QED) is 0.0695. The van der Waals surface area contributed by atoms with Gasteiger partial charge in [0.2, 0.25) is 0 Å². The molecule has 2 fully saturated rings. The molecule has 0 aromatic carbocycles. The van der Waals surface area contributed by atoms with Gasteiger partial charge in [0.05, 0.1) is 26.4 Å². The molecule has 0 aliphatic carbocycles. The number of unbranched alkanes of at least 4 members (excludes halogenated alkanes) is 8. The zero-order chi connectivity index (χ0) is 35.0. The number of hydrogen-bond donors (Lipinski definition) is 0. The normalized spacial score (nSPS) is 14.5. The summed E-state index contributed by atoms with van der Waals surface area (Å²) in [6, 6.07) is 0. The van der Waals surface area contributed by atoms with Crippen LogP contribution in [0.1, 0.15) is 116 Å². The van der Waals surface area contributed by atoms with Crippen LogP contribution in [0.2, 0.25) is 0 Å². The molecule has 0 radical (unpaired) electrons. The van der Waals surface area contributed by atoms with E-state index in [0.29, 0.717) is 49.0 Å². The van der Waals surface area contributed by atoms with E-state index in [-0.39, 0.29) is 89.7 Å². The molecule has 0 atom stereocenters. The van der Waals surface area contributed by atoms with Crippen molar-refractivity contribution in [1.82, 2.24) is 10.1 Å². The van der Waals surface area contributed by atoms with E-state index in [4.69, 9.17) is 28.6 Å². The number of carbonyl (C=O) groups is 8. The lowest BCUT2D eigenvalue weighted by Gasteiger charge is -2.12. The molecule has 2 rings (SSSR count). The lowest BCUT2D eigenvalue weighted by atomic mass is 10.1. The highest BCUT2D eigenvalue weighted by atomic mass is 16.7. The summed E-state index contributed by atoms with van der Waals surface area (Å²) in [7, 11) is 0. The van der Waals surface area contributed by atoms with Crippen LogP contribution in [0.4, 0.5) is 0 Å². The van der Waals surface area contributed by atoms with E-state index < -0.39 is 35.6 Å². The molecular weight excluding hydrogens is 636 g/mol. The number of hydroxylamine groups is 4. The molecule has 16 heteroatoms. The molecule has 0 aromatic heterocycles. The molecule has 0 unspecified atom stereocenters. The first-order chi connectivity index (χ1) is 23.2. The summed E-state index contributed by atoms with van der Waals surface area (Å²) in [5.41, 5.74) is 0. The van der Waals surface area contributed by atoms with Gasteiger partial charge in [-0.3, -0.25) is 28.8 Å². The van der Waals surface area contributed by atoms with Gasteiger partial charge in [0.15, 0.2) is 0 Å². The third-order valence-electron chi connectivity index (χ3n) is 7.27. The highest BCUT2D eigenvalue weighted by molar-refractivity contribution is 6.02. The lowest BCUT2D eigenvalue weighted by Crippen LogP contribution is -2.31. The fraction of sp³-hybridized carbons (Fsp3) is 0.750. The molecule has 2 aliphatic heterocycles. The van der Waals surface area contributed by atoms with E-state index in [1.54, 1.807) is 0 Å². The van der Waals surface area contributed by atoms with Crippen LogP contribution < -0.4 is 0 Å². The summed E-state index contributed by atoms with van der Waals surface area (Å²) >= 11 is 0. The standard InChI is InChI=1S/C32H48N2O14/c35-25-15-16-26(36)33(25)47-31(41)13-9-5-1-3-7-11-29(39)45-23-21-43-19-20-44-22-24-46-30(40)12-8-4-2-6-10-14-32(42)48-34-27(37)17-18-28(34)38/h1-24H2. The second kappa shape index (κ2) is 24.3. The van der Waals surface area contributed by atoms with Crippen LogP contribution >= 0.6 is 0 Å². The van der Waals surface area contributed by atoms with Gasteiger partial charge in [0, 0.05) is 51.4 Å². The average molecular weight is 685 g/mol. The molecular formula is C32H48N2O14. The molecule has 2 heterocycles. The van der Waals surface area contributed by atoms with E-state index in [9.17, 15) is 38.4 Å². The number of ether oxygens (including phenoxy) is 4. The Balaban J connectivity index is 1.27. The molecule has 0 aromatic rings. The van der Waals surface area contributed by atoms with Crippen LogP contribution in [-0.2, 0) is 67.0 Å². The van der Waals surface area contributed by atoms with Crippen LogP contribution in [0.3, 0.4) is 0 Å². The van der Waals surface area contributed by atoms with E-state index >= 15 is 0 Å². The Morgan fingerprint density at radius 1 is 0.396 bits per heavy atom. The molecule has 4 amide bonds. The molecule has 48 heavy (non-hydrogen) atoms. The highest BCUT2D eigenvalue weighted by Crippen LogP contribution is 2.15. The molecule has 0 bridgehead atoms. The molecule has 0 saturated carbocycles. The van der Waals surface area contributed by atoms with Gasteiger partial charge in [-0.05, 0) is 25.7 Å². The van der Waals surface area contributed by atoms with Crippen LogP contribution in [0.25, 0.3) is 0 Å². The van der Waals surface area contributed by atoms with Gasteiger partial charge in [-0.25, -0.2) is 9.59 Å². The van der Waals surface area contributed by atoms with Crippen molar-refractivity contribution in [3.63, 3.8) is 0 Å². The van der Waals surface area contributed by atoms with Gasteiger partial charge in [-0.2, -0.15) is 0 Å². The first kappa shape index (κ1) is 40.3. The molecule has 2 saturated heterocycles. The smallest absolute Gasteiger partial charge is 0.333 e. The van der Waals surface area contributed by atoms with Crippen molar-refractivity contribution in [2.75, 3.05) is 39.6 Å². The monoisotopic (exact) mass is 684 g/mol. The lowest BCUT2D eigenvalue weighted by molar-refractivity contribution is -0.197. The van der Waals surface area contributed by atoms with Crippen molar-refractivity contribution in [2.45, 2.75) is 116 Å². The summed E-state index contributed by atoms with van der Waals surface area (Å²) in [5, 5.41) is 1.10. The van der Waals surface area contributed by atoms with Crippen molar-refractivity contribution >= 4 is 47.5 Å². The molecule has 2 aliphatic rings. The Bertz CT molecular complexity index is 979. The Morgan fingerprint density at radius 3 is 1.00 bits per heavy atom. The van der Waals surface area contributed by atoms with Crippen molar-refractivity contribution in [3.8, 4) is 0 Å². The fourth-order valence-electron chi connectivity index (χ4n) is 4.64. The van der Waals surface area contributed by atoms with E-state index in [2.05, 4.69) is 0 Å². The Morgan fingerprint density at radius 2 is 0.667 bits per heavy atom. The number of esters is 2. The number of nitrogens with zero attached hydrogens (tertiary/aromatic N) is 2. The average Bonchev–Trinajstić information content (AvgIpc) is 3.54. The number of amides is 4. The fourth-order valence-corrected chi connectivity index (χ4v) is 4.64. The molecule has 0 spiro atoms. The zero-order valence-electron chi connectivity index (χ0n) is 27.6. The predicted octanol–water partition coefficient (Wildman–Crippen LogP) is 2.78. The Labute approximate surface area is 279 Å². The van der Waals surface area contributed by atoms with Gasteiger partial charge < -0.3 is 28.6 Å². The largest absolute Gasteiger partial charge is 0.463 e. The van der Waals surface area contributed by atoms with Gasteiger partial charge >= 0.3 is 23.9 Å². The summed E-state index contributed by atoms with van der Waals surface area (Å²) in [6.45, 7) is 1.34. The first-order valence-electron chi connectivity index (χ1n) is 16.8. The highest BCUT2D eigenvalue weighted by Gasteiger charge is 2.33. The van der Waals surface area contributed by atoms with E-state index in [0.717, 1.165) is 38.5 Å². The van der Waals surface area contributed by atoms with E-state index in [1.807, 2.05) is 0 Å². The molecule has 16 nitrogen and oxygen atoms in total. The van der Waals surface area contributed by atoms with Crippen molar-refractivity contribution < 1.29 is 67.0 Å². The second-order valence-electron chi connectivity index (χ2n) is 11.3. The Hall–Kier alpha value is -3.92. The number of hydrogen-bond acceptors (Lipinski definition) is 14. The van der Waals surface area contributed by atoms with Crippen LogP contribution in [-0.4, -0.2) is 97.3 Å². The SMILES string of the molecule is O=C(CCCCCCCC(=O)ON1C(=O)CCC1=O)OCCOCCOCCOC(=O)CCCCCCCC(=O)ON1C(=O)CCC1=O. The second-order valence-corrected chi connectivity index (χ2v) is 11.3. The summed E-state index contributed by atoms with van der Waals surface area (Å²) in [5.74, 6) is -3.82. The maximum absolute atomic E-state index is 11.8. The van der Waals surface area contributed by atoms with Gasteiger partial charge in [-0.15, -0.1) is 10.1 Å². The summed E-state index contributed by atoms with van der Waals surface area (Å²) in [4.78, 5) is 102. The van der Waals surface area contributed by atoms with Gasteiger partial charge in [-0.1, -0.05) is 38.5 Å². The van der Waals surface area contributed by atoms with Crippen LogP contribution in [0.5, 0.6) is 0 Å². The van der Waals surface area contributed by atoms with Gasteiger partial charge in [0.1, 0.15) is 13.2 Å². The predicted molar refractivity (Wildman–Crippen MR) is 163 cm³/mol. The first-order valence-corrected chi connectivity index (χ1v) is 16.8. The summed E-state index contributed by atoms with van der Waals surface area (Å²) in [6.07, 6.45) is 8.28. The maximum Gasteiger partial charge on any atom is 0.333 e. The minimum Gasteiger partial charge on any atom is -0.463 e. The number of rotatable bonds is 27. The topological polar surface area (TPSA) is 198 Å². The van der Waals surface area contributed by atoms with Crippen molar-refractivity contribution in [3.05, 3.63) is 0 Å². The minimum absolute atomic E-state index is 0.0647. The molecule has 270 valence electrons. The third-order valence-corrected chi connectivity index (χ3v) is 7.27. The minimum atomic E-state index is -0.606. The van der Waals surface area contributed by atoms with E-state index in [1.165, 1.54) is 0 Å². The third kappa shape index (κ3) is 17.8. The van der Waals surface area contributed by atoms with Crippen LogP contribution in [0.15, 0.2) is 0 Å². The maximum atomic E-state index is 11.8. The van der Waals surface area contributed by atoms with Crippen molar-refractivity contribution in [1.29, 1.82) is 0 Å². The molecule has 0 N–H and O–H groups in total. The zero-order valence-corrected chi connectivity index (χ0v) is 27.6. The van der Waals surface area contributed by atoms with Crippen LogP contribution in [0, 0.1) is 0 Å². The Kier molecular flexibility index (Phi) is 20.3. The number of carbonyl (C=O) groups excluding carboxylic acids is 8. The van der Waals surface area contributed by atoms with Crippen molar-refractivity contribution in [2.24, 2.45) is 0 Å². The van der Waals surface area contributed by atoms with Gasteiger partial charge in [0.25, 0.3) is 23.6 Å².